The molecule has 2 rings (SSSR count). The third-order valence-corrected chi connectivity index (χ3v) is 2.88. The molecule has 0 saturated heterocycles. The molecule has 0 aliphatic rings. The van der Waals surface area contributed by atoms with Crippen molar-refractivity contribution in [2.45, 2.75) is 13.0 Å². The number of carbonyl (C=O) groups is 2. The molecule has 0 saturated carbocycles. The molecule has 1 amide bonds. The van der Waals surface area contributed by atoms with E-state index in [0.717, 1.165) is 0 Å². The van der Waals surface area contributed by atoms with E-state index in [9.17, 15) is 14.7 Å². The van der Waals surface area contributed by atoms with Gasteiger partial charge in [0.2, 0.25) is 5.91 Å². The zero-order valence-corrected chi connectivity index (χ0v) is 10.9. The van der Waals surface area contributed by atoms with E-state index in [1.54, 1.807) is 48.5 Å². The van der Waals surface area contributed by atoms with E-state index in [4.69, 9.17) is 0 Å². The summed E-state index contributed by atoms with van der Waals surface area (Å²) in [5.74, 6) is -0.454. The number of para-hydroxylation sites is 1. The Bertz CT molecular complexity index is 608. The minimum atomic E-state index is -0.359. The van der Waals surface area contributed by atoms with Crippen molar-refractivity contribution in [3.63, 3.8) is 0 Å². The second kappa shape index (κ2) is 6.52. The van der Waals surface area contributed by atoms with Gasteiger partial charge in [0, 0.05) is 17.7 Å². The van der Waals surface area contributed by atoms with Crippen molar-refractivity contribution in [1.82, 2.24) is 5.32 Å². The Balaban J connectivity index is 1.87. The monoisotopic (exact) mass is 269 g/mol. The highest BCUT2D eigenvalue weighted by Crippen LogP contribution is 2.14. The van der Waals surface area contributed by atoms with Crippen LogP contribution < -0.4 is 5.32 Å². The Labute approximate surface area is 117 Å². The van der Waals surface area contributed by atoms with Gasteiger partial charge in [0.1, 0.15) is 5.75 Å². The fraction of sp³-hybridized carbons (Fsp3) is 0.125. The molecule has 2 aromatic carbocycles. The van der Waals surface area contributed by atoms with E-state index >= 15 is 0 Å². The van der Waals surface area contributed by atoms with Gasteiger partial charge >= 0.3 is 0 Å². The molecule has 0 aliphatic carbocycles. The molecule has 0 unspecified atom stereocenters. The van der Waals surface area contributed by atoms with Gasteiger partial charge in [-0.1, -0.05) is 48.5 Å². The van der Waals surface area contributed by atoms with Crippen LogP contribution in [0.15, 0.2) is 54.6 Å². The fourth-order valence-electron chi connectivity index (χ4n) is 1.79. The first-order valence-corrected chi connectivity index (χ1v) is 6.28. The average Bonchev–Trinajstić information content (AvgIpc) is 2.47. The van der Waals surface area contributed by atoms with E-state index in [0.29, 0.717) is 11.1 Å². The van der Waals surface area contributed by atoms with Crippen LogP contribution in [-0.4, -0.2) is 16.8 Å². The van der Waals surface area contributed by atoms with Gasteiger partial charge < -0.3 is 10.4 Å². The molecule has 0 bridgehead atoms. The number of benzene rings is 2. The number of hydrogen-bond donors (Lipinski definition) is 2. The van der Waals surface area contributed by atoms with Gasteiger partial charge in [-0.05, 0) is 6.07 Å². The molecule has 20 heavy (non-hydrogen) atoms. The summed E-state index contributed by atoms with van der Waals surface area (Å²) in [6.07, 6.45) is -0.197. The van der Waals surface area contributed by atoms with Gasteiger partial charge in [-0.3, -0.25) is 9.59 Å². The standard InChI is InChI=1S/C16H15NO3/c18-14-9-5-4-8-13(14)11-17-16(20)10-15(19)12-6-2-1-3-7-12/h1-9,18H,10-11H2,(H,17,20). The third-order valence-electron chi connectivity index (χ3n) is 2.88. The number of phenols is 1. The Hall–Kier alpha value is -2.62. The lowest BCUT2D eigenvalue weighted by molar-refractivity contribution is -0.120. The molecule has 0 aromatic heterocycles. The first-order valence-electron chi connectivity index (χ1n) is 6.28. The molecular formula is C16H15NO3. The molecule has 2 N–H and O–H groups in total. The summed E-state index contributed by atoms with van der Waals surface area (Å²) in [6, 6.07) is 15.4. The Morgan fingerprint density at radius 1 is 0.950 bits per heavy atom. The Kier molecular flexibility index (Phi) is 4.50. The van der Waals surface area contributed by atoms with E-state index < -0.39 is 0 Å². The zero-order valence-electron chi connectivity index (χ0n) is 10.9. The van der Waals surface area contributed by atoms with Gasteiger partial charge in [0.15, 0.2) is 5.78 Å². The second-order valence-electron chi connectivity index (χ2n) is 4.37. The van der Waals surface area contributed by atoms with Crippen LogP contribution in [-0.2, 0) is 11.3 Å². The first kappa shape index (κ1) is 13.8. The summed E-state index contributed by atoms with van der Waals surface area (Å²) in [5, 5.41) is 12.2. The molecule has 0 atom stereocenters. The van der Waals surface area contributed by atoms with E-state index in [1.165, 1.54) is 0 Å². The van der Waals surface area contributed by atoms with Crippen LogP contribution in [0.2, 0.25) is 0 Å². The number of phenolic OH excluding ortho intramolecular Hbond substituents is 1. The molecule has 0 fully saturated rings. The highest BCUT2D eigenvalue weighted by Gasteiger charge is 2.11. The molecular weight excluding hydrogens is 254 g/mol. The SMILES string of the molecule is O=C(CC(=O)c1ccccc1)NCc1ccccc1O. The molecule has 0 heterocycles. The number of ketones is 1. The summed E-state index contributed by atoms with van der Waals surface area (Å²) in [5.41, 5.74) is 1.14. The van der Waals surface area contributed by atoms with E-state index in [2.05, 4.69) is 5.32 Å². The normalized spacial score (nSPS) is 10.0. The van der Waals surface area contributed by atoms with Crippen LogP contribution in [0.1, 0.15) is 22.3 Å². The predicted molar refractivity (Wildman–Crippen MR) is 75.3 cm³/mol. The minimum absolute atomic E-state index is 0.127. The molecule has 102 valence electrons. The summed E-state index contributed by atoms with van der Waals surface area (Å²) < 4.78 is 0. The largest absolute Gasteiger partial charge is 0.508 e. The third kappa shape index (κ3) is 3.68. The Morgan fingerprint density at radius 3 is 2.30 bits per heavy atom. The molecule has 0 spiro atoms. The molecule has 0 radical (unpaired) electrons. The lowest BCUT2D eigenvalue weighted by Gasteiger charge is -2.06. The van der Waals surface area contributed by atoms with Crippen LogP contribution >= 0.6 is 0 Å². The number of rotatable bonds is 5. The lowest BCUT2D eigenvalue weighted by Crippen LogP contribution is -2.25. The van der Waals surface area contributed by atoms with Gasteiger partial charge in [-0.25, -0.2) is 0 Å². The van der Waals surface area contributed by atoms with Crippen LogP contribution in [0.3, 0.4) is 0 Å². The predicted octanol–water partition coefficient (Wildman–Crippen LogP) is 2.28. The number of nitrogens with one attached hydrogen (secondary N) is 1. The van der Waals surface area contributed by atoms with E-state index in [-0.39, 0.29) is 30.4 Å². The van der Waals surface area contributed by atoms with Crippen LogP contribution in [0.25, 0.3) is 0 Å². The number of aromatic hydroxyl groups is 1. The van der Waals surface area contributed by atoms with Gasteiger partial charge in [0.05, 0.1) is 6.42 Å². The molecule has 2 aromatic rings. The van der Waals surface area contributed by atoms with Crippen molar-refractivity contribution in [3.8, 4) is 5.75 Å². The van der Waals surface area contributed by atoms with Crippen LogP contribution in [0, 0.1) is 0 Å². The van der Waals surface area contributed by atoms with Crippen molar-refractivity contribution >= 4 is 11.7 Å². The highest BCUT2D eigenvalue weighted by atomic mass is 16.3. The quantitative estimate of drug-likeness (QED) is 0.646. The van der Waals surface area contributed by atoms with Crippen LogP contribution in [0.4, 0.5) is 0 Å². The zero-order chi connectivity index (χ0) is 14.4. The van der Waals surface area contributed by atoms with Crippen molar-refractivity contribution in [2.75, 3.05) is 0 Å². The maximum atomic E-state index is 11.8. The van der Waals surface area contributed by atoms with Crippen molar-refractivity contribution < 1.29 is 14.7 Å². The molecule has 4 nitrogen and oxygen atoms in total. The summed E-state index contributed by atoms with van der Waals surface area (Å²) in [4.78, 5) is 23.5. The van der Waals surface area contributed by atoms with E-state index in [1.807, 2.05) is 6.07 Å². The fourth-order valence-corrected chi connectivity index (χ4v) is 1.79. The highest BCUT2D eigenvalue weighted by molar-refractivity contribution is 6.07. The first-order chi connectivity index (χ1) is 9.66. The van der Waals surface area contributed by atoms with Crippen LogP contribution in [0.5, 0.6) is 5.75 Å². The number of Topliss-reactive ketones (excluding diaryl/α,β-unsaturated/α-hetero) is 1. The van der Waals surface area contributed by atoms with Gasteiger partial charge in [0.25, 0.3) is 0 Å². The average molecular weight is 269 g/mol. The number of carbonyl (C=O) groups excluding carboxylic acids is 2. The number of amides is 1. The lowest BCUT2D eigenvalue weighted by atomic mass is 10.1. The maximum Gasteiger partial charge on any atom is 0.228 e. The van der Waals surface area contributed by atoms with Crippen molar-refractivity contribution in [1.29, 1.82) is 0 Å². The molecule has 0 aliphatic heterocycles. The molecule has 4 heteroatoms. The smallest absolute Gasteiger partial charge is 0.228 e. The van der Waals surface area contributed by atoms with Crippen molar-refractivity contribution in [2.24, 2.45) is 0 Å². The van der Waals surface area contributed by atoms with Gasteiger partial charge in [-0.2, -0.15) is 0 Å². The summed E-state index contributed by atoms with van der Waals surface area (Å²) >= 11 is 0. The number of hydrogen-bond acceptors (Lipinski definition) is 3. The minimum Gasteiger partial charge on any atom is -0.508 e. The maximum absolute atomic E-state index is 11.8. The van der Waals surface area contributed by atoms with Crippen molar-refractivity contribution in [3.05, 3.63) is 65.7 Å². The topological polar surface area (TPSA) is 66.4 Å². The van der Waals surface area contributed by atoms with Gasteiger partial charge in [-0.15, -0.1) is 0 Å². The summed E-state index contributed by atoms with van der Waals surface area (Å²) in [6.45, 7) is 0.202. The second-order valence-corrected chi connectivity index (χ2v) is 4.37. The Morgan fingerprint density at radius 2 is 1.60 bits per heavy atom. The summed E-state index contributed by atoms with van der Waals surface area (Å²) in [7, 11) is 0.